The van der Waals surface area contributed by atoms with E-state index in [2.05, 4.69) is 16.0 Å². The van der Waals surface area contributed by atoms with Crippen LogP contribution < -0.4 is 4.90 Å². The molecule has 6 heteroatoms. The molecule has 0 bridgehead atoms. The van der Waals surface area contributed by atoms with Crippen LogP contribution in [0.5, 0.6) is 0 Å². The Bertz CT molecular complexity index is 1060. The number of carbonyl (C=O) groups excluding carboxylic acids is 1. The number of nitriles is 1. The molecule has 0 N–H and O–H groups in total. The van der Waals surface area contributed by atoms with Crippen LogP contribution in [0.4, 0.5) is 10.1 Å². The Morgan fingerprint density at radius 2 is 1.88 bits per heavy atom. The third-order valence-corrected chi connectivity index (χ3v) is 6.09. The molecular weight excluding hydrogens is 405 g/mol. The molecule has 1 saturated heterocycles. The molecule has 0 atom stereocenters. The van der Waals surface area contributed by atoms with Crippen LogP contribution in [0.2, 0.25) is 0 Å². The Kier molecular flexibility index (Phi) is 6.88. The van der Waals surface area contributed by atoms with Gasteiger partial charge in [-0.3, -0.25) is 4.98 Å². The molecule has 2 heterocycles. The van der Waals surface area contributed by atoms with E-state index < -0.39 is 11.4 Å². The van der Waals surface area contributed by atoms with E-state index in [4.69, 9.17) is 4.74 Å². The highest BCUT2D eigenvalue weighted by Crippen LogP contribution is 2.31. The molecule has 1 aromatic carbocycles. The van der Waals surface area contributed by atoms with Gasteiger partial charge in [0.2, 0.25) is 0 Å². The minimum absolute atomic E-state index is 0.323. The van der Waals surface area contributed by atoms with Gasteiger partial charge < -0.3 is 9.64 Å². The van der Waals surface area contributed by atoms with E-state index in [0.717, 1.165) is 54.9 Å². The van der Waals surface area contributed by atoms with E-state index in [1.54, 1.807) is 6.07 Å². The summed E-state index contributed by atoms with van der Waals surface area (Å²) in [6.07, 6.45) is 2.76. The van der Waals surface area contributed by atoms with Crippen molar-refractivity contribution >= 4 is 11.7 Å². The summed E-state index contributed by atoms with van der Waals surface area (Å²) in [6.45, 7) is 13.1. The SMILES string of the molecule is Cc1nc(C)c(C(=O)OC(C)(C)C)c(C)c1CC1CCN(c2ccc(F)cc2C#N)CC1. The van der Waals surface area contributed by atoms with E-state index in [0.29, 0.717) is 22.7 Å². The quantitative estimate of drug-likeness (QED) is 0.597. The Morgan fingerprint density at radius 3 is 2.47 bits per heavy atom. The summed E-state index contributed by atoms with van der Waals surface area (Å²) in [5.74, 6) is -0.263. The first kappa shape index (κ1) is 23.7. The number of anilines is 1. The number of esters is 1. The fourth-order valence-corrected chi connectivity index (χ4v) is 4.54. The summed E-state index contributed by atoms with van der Waals surface area (Å²) in [5, 5.41) is 9.36. The number of hydrogen-bond donors (Lipinski definition) is 0. The van der Waals surface area contributed by atoms with Crippen molar-refractivity contribution in [2.24, 2.45) is 5.92 Å². The molecule has 1 aliphatic heterocycles. The van der Waals surface area contributed by atoms with Crippen LogP contribution in [0.1, 0.15) is 72.0 Å². The lowest BCUT2D eigenvalue weighted by atomic mass is 9.86. The van der Waals surface area contributed by atoms with Gasteiger partial charge >= 0.3 is 5.97 Å². The van der Waals surface area contributed by atoms with Crippen molar-refractivity contribution in [1.82, 2.24) is 4.98 Å². The summed E-state index contributed by atoms with van der Waals surface area (Å²) in [5.41, 5.74) is 4.92. The molecule has 0 aliphatic carbocycles. The average molecular weight is 438 g/mol. The van der Waals surface area contributed by atoms with Crippen molar-refractivity contribution in [2.45, 2.75) is 66.4 Å². The highest BCUT2D eigenvalue weighted by Gasteiger charge is 2.27. The molecule has 1 aromatic heterocycles. The molecule has 0 saturated carbocycles. The van der Waals surface area contributed by atoms with Crippen LogP contribution in [-0.2, 0) is 11.2 Å². The molecule has 1 fully saturated rings. The van der Waals surface area contributed by atoms with Crippen LogP contribution >= 0.6 is 0 Å². The molecule has 0 radical (unpaired) electrons. The number of hydrogen-bond acceptors (Lipinski definition) is 5. The molecule has 170 valence electrons. The van der Waals surface area contributed by atoms with Crippen molar-refractivity contribution in [2.75, 3.05) is 18.0 Å². The minimum Gasteiger partial charge on any atom is -0.456 e. The highest BCUT2D eigenvalue weighted by molar-refractivity contribution is 5.93. The highest BCUT2D eigenvalue weighted by atomic mass is 19.1. The minimum atomic E-state index is -0.559. The monoisotopic (exact) mass is 437 g/mol. The average Bonchev–Trinajstić information content (AvgIpc) is 2.70. The number of piperidine rings is 1. The Balaban J connectivity index is 1.76. The number of halogens is 1. The Labute approximate surface area is 190 Å². The van der Waals surface area contributed by atoms with Gasteiger partial charge in [-0.1, -0.05) is 0 Å². The van der Waals surface area contributed by atoms with Gasteiger partial charge in [0.1, 0.15) is 17.5 Å². The number of ether oxygens (including phenoxy) is 1. The molecular formula is C26H32FN3O2. The molecule has 0 spiro atoms. The maximum absolute atomic E-state index is 13.5. The number of aryl methyl sites for hydroxylation is 2. The van der Waals surface area contributed by atoms with Crippen molar-refractivity contribution in [1.29, 1.82) is 5.26 Å². The molecule has 1 aliphatic rings. The number of carbonyl (C=O) groups is 1. The Hall–Kier alpha value is -2.94. The van der Waals surface area contributed by atoms with Crippen LogP contribution in [0, 0.1) is 43.8 Å². The fourth-order valence-electron chi connectivity index (χ4n) is 4.54. The Morgan fingerprint density at radius 1 is 1.22 bits per heavy atom. The van der Waals surface area contributed by atoms with Crippen LogP contribution in [0.3, 0.4) is 0 Å². The third kappa shape index (κ3) is 5.27. The van der Waals surface area contributed by atoms with Gasteiger partial charge in [-0.15, -0.1) is 0 Å². The van der Waals surface area contributed by atoms with Gasteiger partial charge in [-0.25, -0.2) is 9.18 Å². The molecule has 5 nitrogen and oxygen atoms in total. The second-order valence-electron chi connectivity index (χ2n) is 9.67. The summed E-state index contributed by atoms with van der Waals surface area (Å²) in [6, 6.07) is 6.50. The smallest absolute Gasteiger partial charge is 0.340 e. The first-order chi connectivity index (χ1) is 15.0. The lowest BCUT2D eigenvalue weighted by Crippen LogP contribution is -2.35. The van der Waals surface area contributed by atoms with Gasteiger partial charge in [-0.05, 0) is 96.0 Å². The molecule has 32 heavy (non-hydrogen) atoms. The lowest BCUT2D eigenvalue weighted by Gasteiger charge is -2.34. The van der Waals surface area contributed by atoms with Gasteiger partial charge in [-0.2, -0.15) is 5.26 Å². The molecule has 0 amide bonds. The van der Waals surface area contributed by atoms with E-state index in [9.17, 15) is 14.4 Å². The molecule has 3 rings (SSSR count). The van der Waals surface area contributed by atoms with Gasteiger partial charge in [0, 0.05) is 18.8 Å². The summed E-state index contributed by atoms with van der Waals surface area (Å²) in [4.78, 5) is 19.6. The van der Waals surface area contributed by atoms with E-state index in [-0.39, 0.29) is 5.97 Å². The zero-order valence-electron chi connectivity index (χ0n) is 19.9. The second kappa shape index (κ2) is 9.28. The van der Waals surface area contributed by atoms with E-state index >= 15 is 0 Å². The topological polar surface area (TPSA) is 66.2 Å². The standard InChI is InChI=1S/C26H32FN3O2/c1-16-22(17(2)29-18(3)24(16)25(31)32-26(4,5)6)13-19-9-11-30(12-10-19)23-8-7-21(27)14-20(23)15-28/h7-8,14,19H,9-13H2,1-6H3. The normalized spacial score (nSPS) is 14.9. The van der Waals surface area contributed by atoms with Crippen LogP contribution in [-0.4, -0.2) is 29.6 Å². The third-order valence-electron chi connectivity index (χ3n) is 6.09. The fraction of sp³-hybridized carbons (Fsp3) is 0.500. The first-order valence-electron chi connectivity index (χ1n) is 11.1. The number of aromatic nitrogens is 1. The predicted octanol–water partition coefficient (Wildman–Crippen LogP) is 5.43. The van der Waals surface area contributed by atoms with Crippen molar-refractivity contribution in [3.63, 3.8) is 0 Å². The second-order valence-corrected chi connectivity index (χ2v) is 9.67. The van der Waals surface area contributed by atoms with E-state index in [1.807, 2.05) is 41.5 Å². The first-order valence-corrected chi connectivity index (χ1v) is 11.1. The van der Waals surface area contributed by atoms with E-state index in [1.165, 1.54) is 12.1 Å². The maximum Gasteiger partial charge on any atom is 0.340 e. The zero-order chi connectivity index (χ0) is 23.6. The van der Waals surface area contributed by atoms with Gasteiger partial charge in [0.15, 0.2) is 0 Å². The molecule has 0 unspecified atom stereocenters. The van der Waals surface area contributed by atoms with Gasteiger partial charge in [0.05, 0.1) is 22.5 Å². The molecule has 2 aromatic rings. The number of benzene rings is 1. The van der Waals surface area contributed by atoms with Crippen molar-refractivity contribution in [3.05, 3.63) is 57.7 Å². The number of pyridine rings is 1. The van der Waals surface area contributed by atoms with Crippen LogP contribution in [0.25, 0.3) is 0 Å². The summed E-state index contributed by atoms with van der Waals surface area (Å²) in [7, 11) is 0. The van der Waals surface area contributed by atoms with Crippen molar-refractivity contribution < 1.29 is 13.9 Å². The van der Waals surface area contributed by atoms with Crippen molar-refractivity contribution in [3.8, 4) is 6.07 Å². The number of nitrogens with zero attached hydrogens (tertiary/aromatic N) is 3. The summed E-state index contributed by atoms with van der Waals surface area (Å²) < 4.78 is 19.1. The largest absolute Gasteiger partial charge is 0.456 e. The van der Waals surface area contributed by atoms with Gasteiger partial charge in [0.25, 0.3) is 0 Å². The maximum atomic E-state index is 13.5. The lowest BCUT2D eigenvalue weighted by molar-refractivity contribution is 0.00672. The van der Waals surface area contributed by atoms with Crippen LogP contribution in [0.15, 0.2) is 18.2 Å². The number of rotatable bonds is 4. The zero-order valence-corrected chi connectivity index (χ0v) is 19.9. The summed E-state index contributed by atoms with van der Waals surface area (Å²) >= 11 is 0. The predicted molar refractivity (Wildman–Crippen MR) is 123 cm³/mol.